The molecule has 1 aliphatic carbocycles. The highest BCUT2D eigenvalue weighted by Crippen LogP contribution is 2.31. The van der Waals surface area contributed by atoms with Gasteiger partial charge in [0.05, 0.1) is 17.2 Å². The lowest BCUT2D eigenvalue weighted by molar-refractivity contribution is -0.384. The number of rotatable bonds is 6. The molecule has 0 atom stereocenters. The van der Waals surface area contributed by atoms with Gasteiger partial charge in [0.25, 0.3) is 11.6 Å². The van der Waals surface area contributed by atoms with E-state index in [2.05, 4.69) is 10.4 Å². The minimum absolute atomic E-state index is 0.0683. The van der Waals surface area contributed by atoms with Crippen molar-refractivity contribution in [3.63, 3.8) is 0 Å². The Morgan fingerprint density at radius 1 is 1.33 bits per heavy atom. The number of aromatic nitrogens is 2. The molecule has 0 radical (unpaired) electrons. The average Bonchev–Trinajstić information content (AvgIpc) is 3.32. The van der Waals surface area contributed by atoms with Crippen molar-refractivity contribution >= 4 is 17.6 Å². The maximum Gasteiger partial charge on any atom is 0.331 e. The first-order valence-corrected chi connectivity index (χ1v) is 8.75. The lowest BCUT2D eigenvalue weighted by atomic mass is 9.97. The molecule has 1 heterocycles. The van der Waals surface area contributed by atoms with E-state index in [4.69, 9.17) is 4.74 Å². The second kappa shape index (κ2) is 7.56. The molecule has 0 unspecified atom stereocenters. The average molecular weight is 372 g/mol. The second-order valence-corrected chi connectivity index (χ2v) is 6.39. The summed E-state index contributed by atoms with van der Waals surface area (Å²) in [7, 11) is 0. The summed E-state index contributed by atoms with van der Waals surface area (Å²) >= 11 is 0. The van der Waals surface area contributed by atoms with Crippen LogP contribution in [0.5, 0.6) is 0 Å². The lowest BCUT2D eigenvalue weighted by Gasteiger charge is -2.27. The quantitative estimate of drug-likeness (QED) is 0.473. The molecule has 2 aromatic rings. The summed E-state index contributed by atoms with van der Waals surface area (Å²) in [6.45, 7) is 1.97. The van der Waals surface area contributed by atoms with Gasteiger partial charge in [0, 0.05) is 18.3 Å². The van der Waals surface area contributed by atoms with E-state index in [0.717, 1.165) is 12.8 Å². The Morgan fingerprint density at radius 3 is 2.74 bits per heavy atom. The van der Waals surface area contributed by atoms with Crippen LogP contribution in [0.2, 0.25) is 0 Å². The molecule has 0 spiro atoms. The molecule has 3 rings (SSSR count). The van der Waals surface area contributed by atoms with E-state index in [0.29, 0.717) is 18.5 Å². The third kappa shape index (κ3) is 3.81. The van der Waals surface area contributed by atoms with Crippen molar-refractivity contribution < 1.29 is 19.2 Å². The highest BCUT2D eigenvalue weighted by atomic mass is 16.6. The van der Waals surface area contributed by atoms with E-state index in [1.165, 1.54) is 22.9 Å². The Labute approximate surface area is 155 Å². The number of carbonyl (C=O) groups is 2. The summed E-state index contributed by atoms with van der Waals surface area (Å²) in [6, 6.07) is 7.44. The van der Waals surface area contributed by atoms with E-state index < -0.39 is 22.3 Å². The van der Waals surface area contributed by atoms with E-state index in [1.54, 1.807) is 25.3 Å². The number of carbonyl (C=O) groups excluding carboxylic acids is 2. The number of nitrogens with zero attached hydrogens (tertiary/aromatic N) is 3. The normalized spacial score (nSPS) is 15.3. The van der Waals surface area contributed by atoms with Crippen molar-refractivity contribution in [3.05, 3.63) is 52.3 Å². The predicted octanol–water partition coefficient (Wildman–Crippen LogP) is 2.39. The highest BCUT2D eigenvalue weighted by Gasteiger charge is 2.44. The van der Waals surface area contributed by atoms with Crippen LogP contribution in [0.15, 0.2) is 36.5 Å². The number of nitrogens with one attached hydrogen (secondary N) is 1. The molecule has 0 bridgehead atoms. The van der Waals surface area contributed by atoms with Crippen LogP contribution in [-0.2, 0) is 9.53 Å². The Balaban J connectivity index is 1.79. The van der Waals surface area contributed by atoms with Gasteiger partial charge < -0.3 is 10.1 Å². The first-order valence-electron chi connectivity index (χ1n) is 8.75. The summed E-state index contributed by atoms with van der Waals surface area (Å²) in [5.41, 5.74) is -0.495. The van der Waals surface area contributed by atoms with Crippen molar-refractivity contribution in [2.75, 3.05) is 6.61 Å². The maximum absolute atomic E-state index is 12.6. The predicted molar refractivity (Wildman–Crippen MR) is 95.5 cm³/mol. The zero-order valence-corrected chi connectivity index (χ0v) is 14.9. The number of hydrogen-bond acceptors (Lipinski definition) is 6. The van der Waals surface area contributed by atoms with Crippen LogP contribution in [-0.4, -0.2) is 38.7 Å². The Kier molecular flexibility index (Phi) is 5.20. The summed E-state index contributed by atoms with van der Waals surface area (Å²) in [5.74, 6) is -0.900. The molecule has 1 saturated carbocycles. The molecule has 1 aromatic heterocycles. The maximum atomic E-state index is 12.6. The van der Waals surface area contributed by atoms with Crippen LogP contribution in [0.25, 0.3) is 5.69 Å². The number of hydrogen-bond donors (Lipinski definition) is 1. The molecular weight excluding hydrogens is 352 g/mol. The highest BCUT2D eigenvalue weighted by molar-refractivity contribution is 5.96. The lowest BCUT2D eigenvalue weighted by Crippen LogP contribution is -2.53. The number of ether oxygens (including phenoxy) is 1. The third-order valence-electron chi connectivity index (χ3n) is 4.60. The van der Waals surface area contributed by atoms with E-state index in [-0.39, 0.29) is 18.0 Å². The fraction of sp³-hybridized carbons (Fsp3) is 0.389. The molecule has 1 aliphatic rings. The third-order valence-corrected chi connectivity index (χ3v) is 4.60. The van der Waals surface area contributed by atoms with Gasteiger partial charge in [0.1, 0.15) is 5.54 Å². The molecule has 142 valence electrons. The van der Waals surface area contributed by atoms with Gasteiger partial charge in [-0.1, -0.05) is 18.9 Å². The van der Waals surface area contributed by atoms with Gasteiger partial charge in [-0.2, -0.15) is 5.10 Å². The van der Waals surface area contributed by atoms with Crippen molar-refractivity contribution in [3.8, 4) is 5.69 Å². The van der Waals surface area contributed by atoms with Crippen LogP contribution in [0.4, 0.5) is 5.69 Å². The molecule has 1 fully saturated rings. The minimum atomic E-state index is -1.01. The molecule has 0 aliphatic heterocycles. The summed E-state index contributed by atoms with van der Waals surface area (Å²) in [4.78, 5) is 35.4. The molecule has 1 amide bonds. The molecule has 9 heteroatoms. The first kappa shape index (κ1) is 18.6. The van der Waals surface area contributed by atoms with Gasteiger partial charge in [-0.15, -0.1) is 0 Å². The summed E-state index contributed by atoms with van der Waals surface area (Å²) in [5, 5.41) is 17.9. The molecule has 1 N–H and O–H groups in total. The van der Waals surface area contributed by atoms with E-state index >= 15 is 0 Å². The number of non-ortho nitro benzene ring substituents is 1. The largest absolute Gasteiger partial charge is 0.464 e. The van der Waals surface area contributed by atoms with Crippen molar-refractivity contribution in [2.45, 2.75) is 38.1 Å². The first-order chi connectivity index (χ1) is 12.9. The van der Waals surface area contributed by atoms with Crippen molar-refractivity contribution in [1.82, 2.24) is 15.1 Å². The molecule has 27 heavy (non-hydrogen) atoms. The van der Waals surface area contributed by atoms with Crippen LogP contribution >= 0.6 is 0 Å². The van der Waals surface area contributed by atoms with Crippen LogP contribution in [0.1, 0.15) is 43.1 Å². The number of amides is 1. The topological polar surface area (TPSA) is 116 Å². The van der Waals surface area contributed by atoms with Gasteiger partial charge in [-0.25, -0.2) is 9.48 Å². The fourth-order valence-electron chi connectivity index (χ4n) is 3.25. The van der Waals surface area contributed by atoms with Gasteiger partial charge in [0.2, 0.25) is 0 Å². The van der Waals surface area contributed by atoms with Crippen molar-refractivity contribution in [1.29, 1.82) is 0 Å². The number of benzene rings is 1. The van der Waals surface area contributed by atoms with Gasteiger partial charge >= 0.3 is 5.97 Å². The van der Waals surface area contributed by atoms with Crippen LogP contribution < -0.4 is 5.32 Å². The molecule has 0 saturated heterocycles. The second-order valence-electron chi connectivity index (χ2n) is 6.39. The number of nitro benzene ring substituents is 1. The molecule has 9 nitrogen and oxygen atoms in total. The van der Waals surface area contributed by atoms with Gasteiger partial charge in [-0.05, 0) is 31.9 Å². The summed E-state index contributed by atoms with van der Waals surface area (Å²) in [6.07, 6.45) is 4.27. The minimum Gasteiger partial charge on any atom is -0.464 e. The van der Waals surface area contributed by atoms with Crippen LogP contribution in [0, 0.1) is 10.1 Å². The van der Waals surface area contributed by atoms with E-state index in [9.17, 15) is 19.7 Å². The number of esters is 1. The zero-order valence-electron chi connectivity index (χ0n) is 14.9. The Bertz CT molecular complexity index is 870. The standard InChI is InChI=1S/C18H20N4O5/c1-2-27-17(24)18(9-3-4-10-18)19-16(23)15-8-11-21(20-15)13-6-5-7-14(12-13)22(25)26/h5-8,11-12H,2-4,9-10H2,1H3,(H,19,23). The summed E-state index contributed by atoms with van der Waals surface area (Å²) < 4.78 is 6.52. The molecule has 1 aromatic carbocycles. The smallest absolute Gasteiger partial charge is 0.331 e. The van der Waals surface area contributed by atoms with E-state index in [1.807, 2.05) is 0 Å². The Morgan fingerprint density at radius 2 is 2.07 bits per heavy atom. The molecular formula is C18H20N4O5. The van der Waals surface area contributed by atoms with Crippen molar-refractivity contribution in [2.24, 2.45) is 0 Å². The zero-order chi connectivity index (χ0) is 19.4. The number of nitro groups is 1. The fourth-order valence-corrected chi connectivity index (χ4v) is 3.25. The SMILES string of the molecule is CCOC(=O)C1(NC(=O)c2ccn(-c3cccc([N+](=O)[O-])c3)n2)CCCC1. The monoisotopic (exact) mass is 372 g/mol. The van der Waals surface area contributed by atoms with Crippen LogP contribution in [0.3, 0.4) is 0 Å². The van der Waals surface area contributed by atoms with Gasteiger partial charge in [-0.3, -0.25) is 14.9 Å². The van der Waals surface area contributed by atoms with Gasteiger partial charge in [0.15, 0.2) is 5.69 Å². The Hall–Kier alpha value is -3.23.